The first kappa shape index (κ1) is 30.8. The lowest BCUT2D eigenvalue weighted by molar-refractivity contribution is -0.111. The lowest BCUT2D eigenvalue weighted by Gasteiger charge is -2.35. The predicted molar refractivity (Wildman–Crippen MR) is 172 cm³/mol. The molecule has 2 fully saturated rings. The molecule has 0 bridgehead atoms. The van der Waals surface area contributed by atoms with E-state index in [1.54, 1.807) is 48.3 Å². The number of likely N-dealkylation sites (N-methyl/N-ethyl adjacent to an activating group) is 1. The third-order valence-corrected chi connectivity index (χ3v) is 7.84. The molecule has 13 nitrogen and oxygen atoms in total. The number of amides is 1. The van der Waals surface area contributed by atoms with Gasteiger partial charge in [-0.15, -0.1) is 5.10 Å². The molecule has 2 saturated heterocycles. The average molecular weight is 630 g/mol. The second-order valence-corrected chi connectivity index (χ2v) is 11.1. The van der Waals surface area contributed by atoms with Crippen molar-refractivity contribution in [2.24, 2.45) is 7.05 Å². The fourth-order valence-electron chi connectivity index (χ4n) is 5.50. The van der Waals surface area contributed by atoms with Crippen LogP contribution in [0, 0.1) is 5.82 Å². The van der Waals surface area contributed by atoms with Crippen molar-refractivity contribution in [3.63, 3.8) is 0 Å². The van der Waals surface area contributed by atoms with Gasteiger partial charge in [0, 0.05) is 70.1 Å². The minimum atomic E-state index is -0.438. The number of ether oxygens (including phenoxy) is 2. The molecule has 1 atom stereocenters. The van der Waals surface area contributed by atoms with Gasteiger partial charge >= 0.3 is 0 Å². The zero-order chi connectivity index (χ0) is 32.2. The Bertz CT molecular complexity index is 1720. The maximum Gasteiger partial charge on any atom is 0.247 e. The summed E-state index contributed by atoms with van der Waals surface area (Å²) in [5.41, 5.74) is 2.72. The van der Waals surface area contributed by atoms with E-state index in [0.717, 1.165) is 31.9 Å². The van der Waals surface area contributed by atoms with Gasteiger partial charge in [-0.05, 0) is 36.9 Å². The van der Waals surface area contributed by atoms with Crippen LogP contribution in [-0.2, 0) is 16.7 Å². The van der Waals surface area contributed by atoms with Gasteiger partial charge < -0.3 is 29.9 Å². The fraction of sp³-hybridized carbons (Fsp3) is 0.312. The Morgan fingerprint density at radius 3 is 2.65 bits per heavy atom. The lowest BCUT2D eigenvalue weighted by atomic mass is 10.0. The summed E-state index contributed by atoms with van der Waals surface area (Å²) >= 11 is 0. The van der Waals surface area contributed by atoms with E-state index in [2.05, 4.69) is 49.1 Å². The number of piperazine rings is 1. The number of hydrogen-bond acceptors (Lipinski definition) is 11. The van der Waals surface area contributed by atoms with Gasteiger partial charge in [0.2, 0.25) is 11.8 Å². The van der Waals surface area contributed by atoms with Crippen LogP contribution in [0.25, 0.3) is 0 Å². The molecule has 240 valence electrons. The van der Waals surface area contributed by atoms with Gasteiger partial charge in [-0.25, -0.2) is 19.4 Å². The molecule has 2 aliphatic rings. The Balaban J connectivity index is 1.26. The van der Waals surface area contributed by atoms with Crippen LogP contribution in [-0.4, -0.2) is 77.5 Å². The van der Waals surface area contributed by atoms with Gasteiger partial charge in [-0.1, -0.05) is 6.58 Å². The third kappa shape index (κ3) is 6.87. The zero-order valence-electron chi connectivity index (χ0n) is 25.9. The van der Waals surface area contributed by atoms with Crippen LogP contribution < -0.4 is 30.1 Å². The number of carbonyl (C=O) groups excluding carboxylic acids is 1. The van der Waals surface area contributed by atoms with Crippen molar-refractivity contribution in [3.05, 3.63) is 79.0 Å². The van der Waals surface area contributed by atoms with E-state index in [1.165, 1.54) is 24.5 Å². The van der Waals surface area contributed by atoms with Gasteiger partial charge in [-0.3, -0.25) is 14.3 Å². The largest absolute Gasteiger partial charge is 0.494 e. The van der Waals surface area contributed by atoms with Crippen molar-refractivity contribution in [3.8, 4) is 17.4 Å². The molecule has 2 aromatic carbocycles. The molecule has 4 heterocycles. The topological polar surface area (TPSA) is 122 Å². The van der Waals surface area contributed by atoms with Crippen molar-refractivity contribution in [2.75, 3.05) is 67.5 Å². The van der Waals surface area contributed by atoms with Crippen molar-refractivity contribution in [1.29, 1.82) is 0 Å². The van der Waals surface area contributed by atoms with E-state index in [4.69, 9.17) is 14.3 Å². The van der Waals surface area contributed by atoms with E-state index >= 15 is 0 Å². The van der Waals surface area contributed by atoms with Crippen LogP contribution in [0.1, 0.15) is 18.0 Å². The quantitative estimate of drug-likeness (QED) is 0.238. The highest BCUT2D eigenvalue weighted by Gasteiger charge is 2.30. The van der Waals surface area contributed by atoms with Crippen molar-refractivity contribution >= 4 is 34.6 Å². The highest BCUT2D eigenvalue weighted by atomic mass is 19.1. The van der Waals surface area contributed by atoms with Crippen LogP contribution in [0.15, 0.2) is 67.6 Å². The average Bonchev–Trinajstić information content (AvgIpc) is 3.71. The van der Waals surface area contributed by atoms with Crippen molar-refractivity contribution in [1.82, 2.24) is 24.6 Å². The molecular weight excluding hydrogens is 593 g/mol. The molecule has 0 saturated carbocycles. The van der Waals surface area contributed by atoms with Gasteiger partial charge in [-0.2, -0.15) is 0 Å². The number of nitrogens with zero attached hydrogens (tertiary/aromatic N) is 7. The van der Waals surface area contributed by atoms with E-state index in [-0.39, 0.29) is 11.9 Å². The summed E-state index contributed by atoms with van der Waals surface area (Å²) in [4.78, 5) is 31.7. The molecule has 0 spiro atoms. The van der Waals surface area contributed by atoms with Crippen LogP contribution >= 0.6 is 0 Å². The van der Waals surface area contributed by atoms with Gasteiger partial charge in [0.1, 0.15) is 29.5 Å². The molecule has 2 aliphatic heterocycles. The SMILES string of the molecule is C=CC(=O)Nc1cc(Nc2cc(N3OCC[C@@H]3c3cc(F)cc(Oc4ccn(C)n4)c3)ncn2)c(OC)cc1N1CCN(C)CC1. The molecule has 46 heavy (non-hydrogen) atoms. The van der Waals surface area contributed by atoms with E-state index in [9.17, 15) is 9.18 Å². The van der Waals surface area contributed by atoms with Crippen molar-refractivity contribution in [2.45, 2.75) is 12.5 Å². The zero-order valence-corrected chi connectivity index (χ0v) is 25.9. The number of nitrogens with one attached hydrogen (secondary N) is 2. The maximum atomic E-state index is 14.7. The van der Waals surface area contributed by atoms with E-state index < -0.39 is 5.82 Å². The molecular formula is C32H36FN9O4. The molecule has 0 radical (unpaired) electrons. The molecule has 0 unspecified atom stereocenters. The number of benzene rings is 2. The predicted octanol–water partition coefficient (Wildman–Crippen LogP) is 4.65. The summed E-state index contributed by atoms with van der Waals surface area (Å²) in [7, 11) is 5.46. The second-order valence-electron chi connectivity index (χ2n) is 11.1. The molecule has 2 N–H and O–H groups in total. The summed E-state index contributed by atoms with van der Waals surface area (Å²) in [6.45, 7) is 7.42. The highest BCUT2D eigenvalue weighted by Crippen LogP contribution is 2.40. The van der Waals surface area contributed by atoms with Crippen LogP contribution in [0.3, 0.4) is 0 Å². The second kappa shape index (κ2) is 13.4. The van der Waals surface area contributed by atoms with Crippen LogP contribution in [0.2, 0.25) is 0 Å². The number of carbonyl (C=O) groups is 1. The summed E-state index contributed by atoms with van der Waals surface area (Å²) in [6.07, 6.45) is 5.01. The minimum absolute atomic E-state index is 0.320. The van der Waals surface area contributed by atoms with Crippen LogP contribution in [0.5, 0.6) is 17.4 Å². The number of methoxy groups -OCH3 is 1. The number of hydroxylamine groups is 1. The highest BCUT2D eigenvalue weighted by molar-refractivity contribution is 6.02. The minimum Gasteiger partial charge on any atom is -0.494 e. The summed E-state index contributed by atoms with van der Waals surface area (Å²) in [6, 6.07) is 11.4. The fourth-order valence-corrected chi connectivity index (χ4v) is 5.50. The molecule has 0 aliphatic carbocycles. The monoisotopic (exact) mass is 629 g/mol. The Morgan fingerprint density at radius 1 is 1.09 bits per heavy atom. The van der Waals surface area contributed by atoms with Crippen molar-refractivity contribution < 1.29 is 23.5 Å². The number of rotatable bonds is 10. The normalized spacial score (nSPS) is 16.7. The number of aryl methyl sites for hydroxylation is 1. The molecule has 1 amide bonds. The third-order valence-electron chi connectivity index (χ3n) is 7.84. The first-order chi connectivity index (χ1) is 22.3. The maximum absolute atomic E-state index is 14.7. The number of anilines is 5. The standard InChI is InChI=1S/C32H36FN9O4/c1-5-31(43)37-24-17-25(28(44-4)18-27(24)41-11-9-39(2)10-12-41)36-29-19-30(35-20-34-29)42-26(7-13-45-42)21-14-22(33)16-23(15-21)46-32-6-8-40(3)38-32/h5-6,8,14-20,26H,1,7,9-13H2,2-4H3,(H,37,43)(H,34,35,36)/t26-/m1/s1. The van der Waals surface area contributed by atoms with Gasteiger partial charge in [0.25, 0.3) is 0 Å². The first-order valence-corrected chi connectivity index (χ1v) is 14.9. The Kier molecular flexibility index (Phi) is 8.99. The Hall–Kier alpha value is -5.21. The van der Waals surface area contributed by atoms with E-state index in [1.807, 2.05) is 12.1 Å². The molecule has 4 aromatic rings. The molecule has 2 aromatic heterocycles. The lowest BCUT2D eigenvalue weighted by Crippen LogP contribution is -2.44. The number of aromatic nitrogens is 4. The summed E-state index contributed by atoms with van der Waals surface area (Å²) in [5.74, 6) is 1.45. The Labute approximate surface area is 266 Å². The van der Waals surface area contributed by atoms with Crippen LogP contribution in [0.4, 0.5) is 33.1 Å². The van der Waals surface area contributed by atoms with Gasteiger partial charge in [0.15, 0.2) is 5.82 Å². The number of halogens is 1. The summed E-state index contributed by atoms with van der Waals surface area (Å²) in [5, 5.41) is 12.1. The Morgan fingerprint density at radius 2 is 1.91 bits per heavy atom. The first-order valence-electron chi connectivity index (χ1n) is 14.9. The van der Waals surface area contributed by atoms with Gasteiger partial charge in [0.05, 0.1) is 36.8 Å². The summed E-state index contributed by atoms with van der Waals surface area (Å²) < 4.78 is 27.9. The smallest absolute Gasteiger partial charge is 0.247 e. The molecule has 6 rings (SSSR count). The van der Waals surface area contributed by atoms with E-state index in [0.29, 0.717) is 59.0 Å². The molecule has 14 heteroatoms. The number of hydrogen-bond donors (Lipinski definition) is 2.